The first-order valence-corrected chi connectivity index (χ1v) is 11.7. The minimum Gasteiger partial charge on any atom is -0.445 e. The summed E-state index contributed by atoms with van der Waals surface area (Å²) in [6, 6.07) is 15.2. The van der Waals surface area contributed by atoms with Crippen molar-refractivity contribution < 1.29 is 14.3 Å². The first-order valence-electron chi connectivity index (χ1n) is 11.4. The van der Waals surface area contributed by atoms with Crippen molar-refractivity contribution in [3.63, 3.8) is 0 Å². The van der Waals surface area contributed by atoms with Gasteiger partial charge in [0.25, 0.3) is 0 Å². The number of ether oxygens (including phenoxy) is 1. The highest BCUT2D eigenvalue weighted by Crippen LogP contribution is 2.45. The molecule has 1 atom stereocenters. The predicted octanol–water partition coefficient (Wildman–Crippen LogP) is 4.43. The van der Waals surface area contributed by atoms with Crippen molar-refractivity contribution in [1.29, 1.82) is 0 Å². The second-order valence-corrected chi connectivity index (χ2v) is 9.48. The monoisotopic (exact) mass is 453 g/mol. The Bertz CT molecular complexity index is 1000. The number of nitrogens with one attached hydrogen (secondary N) is 1. The summed E-state index contributed by atoms with van der Waals surface area (Å²) >= 11 is 6.26. The number of hydrogen-bond donors (Lipinski definition) is 1. The first kappa shape index (κ1) is 21.1. The Morgan fingerprint density at radius 3 is 2.66 bits per heavy atom. The Morgan fingerprint density at radius 2 is 1.88 bits per heavy atom. The van der Waals surface area contributed by atoms with Crippen LogP contribution in [0.25, 0.3) is 0 Å². The number of piperidine rings is 1. The van der Waals surface area contributed by atoms with E-state index in [0.29, 0.717) is 26.1 Å². The maximum atomic E-state index is 13.3. The molecule has 0 saturated carbocycles. The zero-order valence-electron chi connectivity index (χ0n) is 18.1. The molecule has 0 bridgehead atoms. The van der Waals surface area contributed by atoms with Crippen LogP contribution in [0.4, 0.5) is 10.5 Å². The van der Waals surface area contributed by atoms with E-state index in [1.807, 2.05) is 47.4 Å². The summed E-state index contributed by atoms with van der Waals surface area (Å²) in [5.41, 5.74) is 3.39. The zero-order valence-corrected chi connectivity index (χ0v) is 18.8. The molecule has 0 radical (unpaired) electrons. The SMILES string of the molecule is O=C([C@@H]1CCCN1C(=O)OCc1ccccc1)N1CCC2(CC1)CNc1ccc(Cl)cc12. The highest BCUT2D eigenvalue weighted by molar-refractivity contribution is 6.30. The van der Waals surface area contributed by atoms with E-state index in [2.05, 4.69) is 11.4 Å². The van der Waals surface area contributed by atoms with Crippen LogP contribution in [0, 0.1) is 0 Å². The van der Waals surface area contributed by atoms with Gasteiger partial charge < -0.3 is 15.0 Å². The third-order valence-corrected chi connectivity index (χ3v) is 7.42. The van der Waals surface area contributed by atoms with E-state index < -0.39 is 12.1 Å². The standard InChI is InChI=1S/C25H28ClN3O3/c26-19-8-9-21-20(15-19)25(17-27-21)10-13-28(14-11-25)23(30)22-7-4-12-29(22)24(31)32-16-18-5-2-1-3-6-18/h1-3,5-6,8-9,15,22,27H,4,7,10-14,16-17H2/t22-/m0/s1. The molecule has 2 saturated heterocycles. The van der Waals surface area contributed by atoms with Gasteiger partial charge in [0.05, 0.1) is 0 Å². The molecule has 0 aliphatic carbocycles. The lowest BCUT2D eigenvalue weighted by Gasteiger charge is -2.41. The van der Waals surface area contributed by atoms with Crippen LogP contribution < -0.4 is 5.32 Å². The van der Waals surface area contributed by atoms with Crippen molar-refractivity contribution in [3.05, 3.63) is 64.7 Å². The van der Waals surface area contributed by atoms with Crippen molar-refractivity contribution in [2.75, 3.05) is 31.5 Å². The maximum absolute atomic E-state index is 13.3. The number of anilines is 1. The number of carbonyl (C=O) groups is 2. The molecule has 168 valence electrons. The molecular formula is C25H28ClN3O3. The van der Waals surface area contributed by atoms with Crippen LogP contribution in [-0.2, 0) is 21.6 Å². The van der Waals surface area contributed by atoms with E-state index in [9.17, 15) is 9.59 Å². The number of carbonyl (C=O) groups excluding carboxylic acids is 2. The molecule has 2 aromatic carbocycles. The van der Waals surface area contributed by atoms with E-state index in [1.54, 1.807) is 4.90 Å². The second-order valence-electron chi connectivity index (χ2n) is 9.04. The van der Waals surface area contributed by atoms with E-state index in [-0.39, 0.29) is 17.9 Å². The van der Waals surface area contributed by atoms with Crippen LogP contribution in [0.5, 0.6) is 0 Å². The first-order chi connectivity index (χ1) is 15.6. The summed E-state index contributed by atoms with van der Waals surface area (Å²) in [6.07, 6.45) is 2.90. The van der Waals surface area contributed by atoms with Gasteiger partial charge in [0.15, 0.2) is 0 Å². The molecule has 3 aliphatic heterocycles. The summed E-state index contributed by atoms with van der Waals surface area (Å²) in [5, 5.41) is 4.26. The summed E-state index contributed by atoms with van der Waals surface area (Å²) in [6.45, 7) is 3.05. The topological polar surface area (TPSA) is 61.9 Å². The number of rotatable bonds is 3. The van der Waals surface area contributed by atoms with Crippen molar-refractivity contribution >= 4 is 29.3 Å². The fourth-order valence-electron chi connectivity index (χ4n) is 5.33. The second kappa shape index (κ2) is 8.66. The van der Waals surface area contributed by atoms with Crippen molar-refractivity contribution in [2.24, 2.45) is 0 Å². The number of likely N-dealkylation sites (tertiary alicyclic amines) is 2. The largest absolute Gasteiger partial charge is 0.445 e. The van der Waals surface area contributed by atoms with Gasteiger partial charge in [0.2, 0.25) is 5.91 Å². The smallest absolute Gasteiger partial charge is 0.410 e. The fourth-order valence-corrected chi connectivity index (χ4v) is 5.50. The molecule has 3 aliphatic rings. The molecule has 3 heterocycles. The number of amides is 2. The minimum absolute atomic E-state index is 0.0288. The van der Waals surface area contributed by atoms with Gasteiger partial charge in [-0.1, -0.05) is 41.9 Å². The van der Waals surface area contributed by atoms with Gasteiger partial charge in [-0.3, -0.25) is 9.69 Å². The number of fused-ring (bicyclic) bond motifs is 2. The Hall–Kier alpha value is -2.73. The normalized spacial score (nSPS) is 21.3. The molecule has 6 nitrogen and oxygen atoms in total. The lowest BCUT2D eigenvalue weighted by molar-refractivity contribution is -0.137. The van der Waals surface area contributed by atoms with Gasteiger partial charge in [-0.15, -0.1) is 0 Å². The third-order valence-electron chi connectivity index (χ3n) is 7.18. The van der Waals surface area contributed by atoms with Crippen LogP contribution in [0.1, 0.15) is 36.8 Å². The fraction of sp³-hybridized carbons (Fsp3) is 0.440. The van der Waals surface area contributed by atoms with Gasteiger partial charge in [-0.05, 0) is 55.0 Å². The van der Waals surface area contributed by atoms with Crippen LogP contribution in [0.3, 0.4) is 0 Å². The van der Waals surface area contributed by atoms with Crippen LogP contribution >= 0.6 is 11.6 Å². The molecule has 0 aromatic heterocycles. The number of nitrogens with zero attached hydrogens (tertiary/aromatic N) is 2. The van der Waals surface area contributed by atoms with Gasteiger partial charge in [0.1, 0.15) is 12.6 Å². The van der Waals surface area contributed by atoms with Crippen molar-refractivity contribution in [3.8, 4) is 0 Å². The highest BCUT2D eigenvalue weighted by Gasteiger charge is 2.44. The molecule has 5 rings (SSSR count). The Balaban J connectivity index is 1.21. The molecule has 1 spiro atoms. The minimum atomic E-state index is -0.421. The Kier molecular flexibility index (Phi) is 5.72. The summed E-state index contributed by atoms with van der Waals surface area (Å²) < 4.78 is 5.50. The molecule has 1 N–H and O–H groups in total. The number of benzene rings is 2. The highest BCUT2D eigenvalue weighted by atomic mass is 35.5. The van der Waals surface area contributed by atoms with E-state index in [1.165, 1.54) is 5.56 Å². The van der Waals surface area contributed by atoms with E-state index >= 15 is 0 Å². The summed E-state index contributed by atoms with van der Waals surface area (Å²) in [7, 11) is 0. The third kappa shape index (κ3) is 3.92. The lowest BCUT2D eigenvalue weighted by atomic mass is 9.74. The van der Waals surface area contributed by atoms with Crippen molar-refractivity contribution in [1.82, 2.24) is 9.80 Å². The van der Waals surface area contributed by atoms with Crippen molar-refractivity contribution in [2.45, 2.75) is 43.7 Å². The Morgan fingerprint density at radius 1 is 1.09 bits per heavy atom. The zero-order chi connectivity index (χ0) is 22.1. The quantitative estimate of drug-likeness (QED) is 0.747. The maximum Gasteiger partial charge on any atom is 0.410 e. The van der Waals surface area contributed by atoms with Crippen LogP contribution in [0.2, 0.25) is 5.02 Å². The van der Waals surface area contributed by atoms with Gasteiger partial charge in [0, 0.05) is 42.3 Å². The van der Waals surface area contributed by atoms with Gasteiger partial charge >= 0.3 is 6.09 Å². The Labute approximate surface area is 193 Å². The van der Waals surface area contributed by atoms with E-state index in [4.69, 9.17) is 16.3 Å². The predicted molar refractivity (Wildman–Crippen MR) is 124 cm³/mol. The van der Waals surface area contributed by atoms with E-state index in [0.717, 1.165) is 42.1 Å². The molecule has 2 fully saturated rings. The van der Waals surface area contributed by atoms with Gasteiger partial charge in [-0.25, -0.2) is 4.79 Å². The molecule has 2 amide bonds. The molecule has 2 aromatic rings. The summed E-state index contributed by atoms with van der Waals surface area (Å²) in [4.78, 5) is 29.6. The average molecular weight is 454 g/mol. The molecular weight excluding hydrogens is 426 g/mol. The van der Waals surface area contributed by atoms with Crippen LogP contribution in [-0.4, -0.2) is 54.0 Å². The van der Waals surface area contributed by atoms with Crippen LogP contribution in [0.15, 0.2) is 48.5 Å². The summed E-state index contributed by atoms with van der Waals surface area (Å²) in [5.74, 6) is 0.0475. The lowest BCUT2D eigenvalue weighted by Crippen LogP contribution is -2.52. The molecule has 7 heteroatoms. The number of halogens is 1. The molecule has 0 unspecified atom stereocenters. The number of hydrogen-bond acceptors (Lipinski definition) is 4. The molecule has 32 heavy (non-hydrogen) atoms. The average Bonchev–Trinajstić information content (AvgIpc) is 3.44. The van der Waals surface area contributed by atoms with Gasteiger partial charge in [-0.2, -0.15) is 0 Å².